The summed E-state index contributed by atoms with van der Waals surface area (Å²) in [4.78, 5) is 0. The van der Waals surface area contributed by atoms with Crippen LogP contribution >= 0.6 is 0 Å². The van der Waals surface area contributed by atoms with Gasteiger partial charge < -0.3 is 14.6 Å². The zero-order valence-corrected chi connectivity index (χ0v) is 8.98. The summed E-state index contributed by atoms with van der Waals surface area (Å²) < 4.78 is 7.10. The molecule has 15 heavy (non-hydrogen) atoms. The maximum Gasteiger partial charge on any atom is 0.128 e. The molecule has 3 nitrogen and oxygen atoms in total. The fraction of sp³-hybridized carbons (Fsp3) is 0.500. The molecule has 1 N–H and O–H groups in total. The highest BCUT2D eigenvalue weighted by Gasteiger charge is 2.00. The molecule has 0 aromatic carbocycles. The van der Waals surface area contributed by atoms with E-state index >= 15 is 0 Å². The van der Waals surface area contributed by atoms with Crippen molar-refractivity contribution in [3.8, 4) is 0 Å². The molecule has 1 aromatic heterocycles. The fourth-order valence-electron chi connectivity index (χ4n) is 1.74. The number of piperidine rings is 1. The van der Waals surface area contributed by atoms with Crippen LogP contribution in [-0.2, 0) is 11.3 Å². The molecule has 0 unspecified atom stereocenters. The Bertz CT molecular complexity index is 302. The van der Waals surface area contributed by atoms with Crippen LogP contribution in [0.5, 0.6) is 0 Å². The van der Waals surface area contributed by atoms with Gasteiger partial charge in [0.1, 0.15) is 12.9 Å². The standard InChI is InChI=1S/C7H7NO.C5H11N/c1-2-7-6-9-5-4-8(7)3-1;1-2-4-6-5-3-1/h1-5H,6H2;6H,1-5H2. The summed E-state index contributed by atoms with van der Waals surface area (Å²) >= 11 is 0. The first-order chi connectivity index (χ1) is 7.47. The van der Waals surface area contributed by atoms with Crippen molar-refractivity contribution in [2.45, 2.75) is 25.9 Å². The molecular weight excluding hydrogens is 188 g/mol. The van der Waals surface area contributed by atoms with Crippen LogP contribution in [0.15, 0.2) is 24.6 Å². The number of rotatable bonds is 0. The largest absolute Gasteiger partial charge is 0.493 e. The van der Waals surface area contributed by atoms with Crippen LogP contribution in [0.1, 0.15) is 25.0 Å². The summed E-state index contributed by atoms with van der Waals surface area (Å²) in [5, 5.41) is 3.28. The van der Waals surface area contributed by atoms with E-state index in [1.54, 1.807) is 6.26 Å². The number of nitrogens with zero attached hydrogens (tertiary/aromatic N) is 1. The molecule has 82 valence electrons. The molecule has 0 aliphatic carbocycles. The summed E-state index contributed by atoms with van der Waals surface area (Å²) in [7, 11) is 0. The van der Waals surface area contributed by atoms with E-state index in [-0.39, 0.29) is 0 Å². The first-order valence-corrected chi connectivity index (χ1v) is 5.61. The predicted octanol–water partition coefficient (Wildman–Crippen LogP) is 2.21. The fourth-order valence-corrected chi connectivity index (χ4v) is 1.74. The van der Waals surface area contributed by atoms with Crippen LogP contribution in [-0.4, -0.2) is 17.7 Å². The van der Waals surface area contributed by atoms with Gasteiger partial charge in [-0.2, -0.15) is 0 Å². The minimum absolute atomic E-state index is 0.698. The SMILES string of the molecule is C1=Cn2cccc2CO1.C1CCNCC1. The minimum atomic E-state index is 0.698. The first-order valence-electron chi connectivity index (χ1n) is 5.61. The highest BCUT2D eigenvalue weighted by molar-refractivity contribution is 5.28. The Hall–Kier alpha value is -1.22. The second-order valence-corrected chi connectivity index (χ2v) is 3.81. The van der Waals surface area contributed by atoms with Gasteiger partial charge in [0, 0.05) is 12.4 Å². The maximum atomic E-state index is 5.05. The molecule has 0 amide bonds. The third-order valence-electron chi connectivity index (χ3n) is 2.62. The lowest BCUT2D eigenvalue weighted by molar-refractivity contribution is 0.224. The van der Waals surface area contributed by atoms with Gasteiger partial charge >= 0.3 is 0 Å². The van der Waals surface area contributed by atoms with Crippen LogP contribution in [0.25, 0.3) is 6.20 Å². The van der Waals surface area contributed by atoms with Gasteiger partial charge in [-0.15, -0.1) is 0 Å². The third-order valence-corrected chi connectivity index (χ3v) is 2.62. The first kappa shape index (κ1) is 10.3. The zero-order valence-electron chi connectivity index (χ0n) is 8.98. The maximum absolute atomic E-state index is 5.05. The van der Waals surface area contributed by atoms with Crippen molar-refractivity contribution in [2.75, 3.05) is 13.1 Å². The molecular formula is C12H18N2O. The smallest absolute Gasteiger partial charge is 0.128 e. The molecule has 0 saturated carbocycles. The lowest BCUT2D eigenvalue weighted by Gasteiger charge is -2.08. The van der Waals surface area contributed by atoms with Crippen LogP contribution in [0.3, 0.4) is 0 Å². The van der Waals surface area contributed by atoms with E-state index in [1.165, 1.54) is 38.0 Å². The van der Waals surface area contributed by atoms with Gasteiger partial charge in [0.25, 0.3) is 0 Å². The quantitative estimate of drug-likeness (QED) is 0.704. The molecule has 1 aromatic rings. The topological polar surface area (TPSA) is 26.2 Å². The van der Waals surface area contributed by atoms with Crippen LogP contribution in [0.4, 0.5) is 0 Å². The predicted molar refractivity (Wildman–Crippen MR) is 61.3 cm³/mol. The molecule has 3 heterocycles. The Morgan fingerprint density at radius 1 is 1.20 bits per heavy atom. The summed E-state index contributed by atoms with van der Waals surface area (Å²) in [5.41, 5.74) is 1.21. The molecule has 1 fully saturated rings. The number of nitrogens with one attached hydrogen (secondary N) is 1. The molecule has 2 aliphatic heterocycles. The van der Waals surface area contributed by atoms with Gasteiger partial charge in [-0.05, 0) is 38.1 Å². The number of hydrogen-bond acceptors (Lipinski definition) is 2. The lowest BCUT2D eigenvalue weighted by Crippen LogP contribution is -2.21. The number of aromatic nitrogens is 1. The molecule has 3 heteroatoms. The van der Waals surface area contributed by atoms with E-state index in [4.69, 9.17) is 4.74 Å². The third kappa shape index (κ3) is 3.13. The van der Waals surface area contributed by atoms with Crippen molar-refractivity contribution in [2.24, 2.45) is 0 Å². The summed E-state index contributed by atoms with van der Waals surface area (Å²) in [5.74, 6) is 0. The lowest BCUT2D eigenvalue weighted by atomic mass is 10.2. The average Bonchev–Trinajstić information content (AvgIpc) is 2.80. The zero-order chi connectivity index (χ0) is 10.3. The molecule has 0 radical (unpaired) electrons. The van der Waals surface area contributed by atoms with Gasteiger partial charge in [-0.3, -0.25) is 0 Å². The van der Waals surface area contributed by atoms with Crippen molar-refractivity contribution in [1.82, 2.24) is 9.88 Å². The summed E-state index contributed by atoms with van der Waals surface area (Å²) in [6.07, 6.45) is 9.83. The minimum Gasteiger partial charge on any atom is -0.493 e. The van der Waals surface area contributed by atoms with E-state index in [9.17, 15) is 0 Å². The van der Waals surface area contributed by atoms with E-state index in [2.05, 4.69) is 5.32 Å². The molecule has 0 spiro atoms. The second-order valence-electron chi connectivity index (χ2n) is 3.81. The highest BCUT2D eigenvalue weighted by Crippen LogP contribution is 2.08. The van der Waals surface area contributed by atoms with Crippen molar-refractivity contribution < 1.29 is 4.74 Å². The van der Waals surface area contributed by atoms with Crippen molar-refractivity contribution in [1.29, 1.82) is 0 Å². The van der Waals surface area contributed by atoms with Gasteiger partial charge in [-0.25, -0.2) is 0 Å². The Morgan fingerprint density at radius 3 is 2.67 bits per heavy atom. The van der Waals surface area contributed by atoms with E-state index in [0.717, 1.165) is 0 Å². The normalized spacial score (nSPS) is 18.4. The van der Waals surface area contributed by atoms with E-state index in [0.29, 0.717) is 6.61 Å². The van der Waals surface area contributed by atoms with Gasteiger partial charge in [-0.1, -0.05) is 6.42 Å². The Balaban J connectivity index is 0.000000124. The molecule has 0 bridgehead atoms. The van der Waals surface area contributed by atoms with Crippen LogP contribution < -0.4 is 5.32 Å². The Labute approximate surface area is 90.7 Å². The average molecular weight is 206 g/mol. The van der Waals surface area contributed by atoms with Gasteiger partial charge in [0.05, 0.1) is 5.69 Å². The highest BCUT2D eigenvalue weighted by atomic mass is 16.5. The number of fused-ring (bicyclic) bond motifs is 1. The summed E-state index contributed by atoms with van der Waals surface area (Å²) in [6, 6.07) is 4.05. The molecule has 0 atom stereocenters. The Kier molecular flexibility index (Phi) is 3.85. The number of ether oxygens (including phenoxy) is 1. The molecule has 3 rings (SSSR count). The van der Waals surface area contributed by atoms with Crippen LogP contribution in [0, 0.1) is 0 Å². The monoisotopic (exact) mass is 206 g/mol. The second kappa shape index (κ2) is 5.61. The van der Waals surface area contributed by atoms with E-state index in [1.807, 2.05) is 29.1 Å². The summed E-state index contributed by atoms with van der Waals surface area (Å²) in [6.45, 7) is 3.20. The van der Waals surface area contributed by atoms with Crippen molar-refractivity contribution in [3.05, 3.63) is 30.3 Å². The van der Waals surface area contributed by atoms with Crippen molar-refractivity contribution in [3.63, 3.8) is 0 Å². The molecule has 2 aliphatic rings. The van der Waals surface area contributed by atoms with Gasteiger partial charge in [0.15, 0.2) is 0 Å². The van der Waals surface area contributed by atoms with Crippen molar-refractivity contribution >= 4 is 6.20 Å². The Morgan fingerprint density at radius 2 is 2.07 bits per heavy atom. The van der Waals surface area contributed by atoms with Gasteiger partial charge in [0.2, 0.25) is 0 Å². The molecule has 1 saturated heterocycles. The number of hydrogen-bond donors (Lipinski definition) is 1. The van der Waals surface area contributed by atoms with Crippen LogP contribution in [0.2, 0.25) is 0 Å². The van der Waals surface area contributed by atoms with E-state index < -0.39 is 0 Å².